The normalized spacial score (nSPS) is 10.7. The van der Waals surface area contributed by atoms with Crippen LogP contribution in [0.3, 0.4) is 0 Å². The number of hydrogen-bond donors (Lipinski definition) is 1. The van der Waals surface area contributed by atoms with E-state index < -0.39 is 5.97 Å². The molecule has 0 aliphatic carbocycles. The highest BCUT2D eigenvalue weighted by Crippen LogP contribution is 2.34. The molecule has 0 aliphatic heterocycles. The minimum Gasteiger partial charge on any atom is -0.477 e. The smallest absolute Gasteiger partial charge is 0.345 e. The van der Waals surface area contributed by atoms with Gasteiger partial charge < -0.3 is 5.11 Å². The van der Waals surface area contributed by atoms with Crippen molar-refractivity contribution in [3.05, 3.63) is 32.6 Å². The summed E-state index contributed by atoms with van der Waals surface area (Å²) in [5.74, 6) is -0.918. The Morgan fingerprint density at radius 3 is 2.79 bits per heavy atom. The molecular formula is C9H4BrClO2S. The average molecular weight is 292 g/mol. The summed E-state index contributed by atoms with van der Waals surface area (Å²) in [5, 5.41) is 10.2. The van der Waals surface area contributed by atoms with Gasteiger partial charge in [0, 0.05) is 14.6 Å². The number of fused-ring (bicyclic) bond motifs is 1. The summed E-state index contributed by atoms with van der Waals surface area (Å²) < 4.78 is 1.73. The highest BCUT2D eigenvalue weighted by molar-refractivity contribution is 9.10. The summed E-state index contributed by atoms with van der Waals surface area (Å²) in [6.45, 7) is 0. The van der Waals surface area contributed by atoms with E-state index in [-0.39, 0.29) is 0 Å². The van der Waals surface area contributed by atoms with Crippen molar-refractivity contribution in [2.45, 2.75) is 0 Å². The lowest BCUT2D eigenvalue weighted by atomic mass is 10.2. The van der Waals surface area contributed by atoms with Crippen LogP contribution in [0.25, 0.3) is 10.1 Å². The SMILES string of the molecule is O=C(O)c1cc2c(Cl)cc(Br)cc2s1. The molecule has 0 bridgehead atoms. The molecule has 0 aliphatic rings. The molecule has 0 atom stereocenters. The van der Waals surface area contributed by atoms with E-state index in [1.54, 1.807) is 12.1 Å². The van der Waals surface area contributed by atoms with Crippen molar-refractivity contribution in [1.82, 2.24) is 0 Å². The van der Waals surface area contributed by atoms with E-state index in [1.165, 1.54) is 11.3 Å². The van der Waals surface area contributed by atoms with Gasteiger partial charge in [-0.05, 0) is 18.2 Å². The number of carbonyl (C=O) groups is 1. The van der Waals surface area contributed by atoms with Crippen molar-refractivity contribution in [2.75, 3.05) is 0 Å². The Balaban J connectivity index is 2.76. The molecule has 14 heavy (non-hydrogen) atoms. The molecule has 0 spiro atoms. The first-order valence-electron chi connectivity index (χ1n) is 3.70. The van der Waals surface area contributed by atoms with Crippen LogP contribution in [0.2, 0.25) is 5.02 Å². The first kappa shape index (κ1) is 9.96. The lowest BCUT2D eigenvalue weighted by Gasteiger charge is -1.93. The summed E-state index contributed by atoms with van der Waals surface area (Å²) in [7, 11) is 0. The third-order valence-electron chi connectivity index (χ3n) is 1.76. The molecule has 1 aromatic carbocycles. The predicted octanol–water partition coefficient (Wildman–Crippen LogP) is 4.02. The number of rotatable bonds is 1. The van der Waals surface area contributed by atoms with Crippen molar-refractivity contribution in [1.29, 1.82) is 0 Å². The van der Waals surface area contributed by atoms with Crippen molar-refractivity contribution in [2.24, 2.45) is 0 Å². The Morgan fingerprint density at radius 2 is 2.14 bits per heavy atom. The van der Waals surface area contributed by atoms with E-state index in [0.717, 1.165) is 14.6 Å². The fourth-order valence-corrected chi connectivity index (χ4v) is 3.21. The van der Waals surface area contributed by atoms with Gasteiger partial charge in [0.1, 0.15) is 4.88 Å². The third kappa shape index (κ3) is 1.65. The first-order valence-corrected chi connectivity index (χ1v) is 5.68. The van der Waals surface area contributed by atoms with E-state index in [9.17, 15) is 4.79 Å². The van der Waals surface area contributed by atoms with E-state index in [1.807, 2.05) is 6.07 Å². The van der Waals surface area contributed by atoms with Gasteiger partial charge in [0.25, 0.3) is 0 Å². The van der Waals surface area contributed by atoms with E-state index in [0.29, 0.717) is 9.90 Å². The van der Waals surface area contributed by atoms with Gasteiger partial charge in [-0.2, -0.15) is 0 Å². The molecular weight excluding hydrogens is 288 g/mol. The zero-order chi connectivity index (χ0) is 10.3. The number of hydrogen-bond acceptors (Lipinski definition) is 2. The number of carboxylic acid groups (broad SMARTS) is 1. The van der Waals surface area contributed by atoms with E-state index >= 15 is 0 Å². The van der Waals surface area contributed by atoms with Crippen LogP contribution in [0, 0.1) is 0 Å². The minimum atomic E-state index is -0.918. The zero-order valence-corrected chi connectivity index (χ0v) is 9.91. The molecule has 0 saturated heterocycles. The molecule has 0 saturated carbocycles. The summed E-state index contributed by atoms with van der Waals surface area (Å²) in [6.07, 6.45) is 0. The standard InChI is InChI=1S/C9H4BrClO2S/c10-4-1-6(11)5-3-8(9(12)13)14-7(5)2-4/h1-3H,(H,12,13). The second kappa shape index (κ2) is 3.53. The Labute approximate surface area is 97.2 Å². The average Bonchev–Trinajstić information content (AvgIpc) is 2.47. The summed E-state index contributed by atoms with van der Waals surface area (Å²) in [5.41, 5.74) is 0. The molecule has 5 heteroatoms. The van der Waals surface area contributed by atoms with Gasteiger partial charge in [0.15, 0.2) is 0 Å². The van der Waals surface area contributed by atoms with Gasteiger partial charge in [-0.15, -0.1) is 11.3 Å². The highest BCUT2D eigenvalue weighted by Gasteiger charge is 2.10. The fraction of sp³-hybridized carbons (Fsp3) is 0. The van der Waals surface area contributed by atoms with Gasteiger partial charge in [0.05, 0.1) is 5.02 Å². The van der Waals surface area contributed by atoms with Crippen LogP contribution in [0.15, 0.2) is 22.7 Å². The van der Waals surface area contributed by atoms with Crippen molar-refractivity contribution < 1.29 is 9.90 Å². The third-order valence-corrected chi connectivity index (χ3v) is 3.60. The van der Waals surface area contributed by atoms with Crippen LogP contribution in [0.4, 0.5) is 0 Å². The second-order valence-corrected chi connectivity index (χ2v) is 5.12. The Hall–Kier alpha value is -0.580. The molecule has 1 heterocycles. The van der Waals surface area contributed by atoms with Crippen LogP contribution in [0.5, 0.6) is 0 Å². The summed E-state index contributed by atoms with van der Waals surface area (Å²) >= 11 is 10.5. The number of aromatic carboxylic acids is 1. The van der Waals surface area contributed by atoms with Crippen LogP contribution in [-0.4, -0.2) is 11.1 Å². The highest BCUT2D eigenvalue weighted by atomic mass is 79.9. The van der Waals surface area contributed by atoms with Crippen molar-refractivity contribution in [3.63, 3.8) is 0 Å². The number of carboxylic acids is 1. The number of benzene rings is 1. The summed E-state index contributed by atoms with van der Waals surface area (Å²) in [6, 6.07) is 5.21. The topological polar surface area (TPSA) is 37.3 Å². The number of thiophene rings is 1. The Morgan fingerprint density at radius 1 is 1.43 bits per heavy atom. The molecule has 2 nitrogen and oxygen atoms in total. The van der Waals surface area contributed by atoms with Gasteiger partial charge >= 0.3 is 5.97 Å². The van der Waals surface area contributed by atoms with Crippen molar-refractivity contribution in [3.8, 4) is 0 Å². The second-order valence-electron chi connectivity index (χ2n) is 2.72. The molecule has 2 rings (SSSR count). The minimum absolute atomic E-state index is 0.306. The molecule has 1 N–H and O–H groups in total. The lowest BCUT2D eigenvalue weighted by molar-refractivity contribution is 0.0702. The quantitative estimate of drug-likeness (QED) is 0.862. The molecule has 0 fully saturated rings. The first-order chi connectivity index (χ1) is 6.58. The molecule has 2 aromatic rings. The number of halogens is 2. The maximum absolute atomic E-state index is 10.7. The Kier molecular flexibility index (Phi) is 2.51. The maximum atomic E-state index is 10.7. The largest absolute Gasteiger partial charge is 0.477 e. The monoisotopic (exact) mass is 290 g/mol. The van der Waals surface area contributed by atoms with Crippen molar-refractivity contribution >= 4 is 54.9 Å². The molecule has 0 radical (unpaired) electrons. The molecule has 0 amide bonds. The zero-order valence-electron chi connectivity index (χ0n) is 6.75. The van der Waals surface area contributed by atoms with Crippen LogP contribution < -0.4 is 0 Å². The fourth-order valence-electron chi connectivity index (χ4n) is 1.17. The van der Waals surface area contributed by atoms with E-state index in [4.69, 9.17) is 16.7 Å². The van der Waals surface area contributed by atoms with Gasteiger partial charge in [-0.1, -0.05) is 27.5 Å². The maximum Gasteiger partial charge on any atom is 0.345 e. The van der Waals surface area contributed by atoms with Gasteiger partial charge in [-0.25, -0.2) is 4.79 Å². The van der Waals surface area contributed by atoms with Gasteiger partial charge in [0.2, 0.25) is 0 Å². The van der Waals surface area contributed by atoms with E-state index in [2.05, 4.69) is 15.9 Å². The molecule has 0 unspecified atom stereocenters. The van der Waals surface area contributed by atoms with Gasteiger partial charge in [-0.3, -0.25) is 0 Å². The Bertz CT molecular complexity index is 521. The molecule has 72 valence electrons. The van der Waals surface area contributed by atoms with Crippen LogP contribution in [-0.2, 0) is 0 Å². The van der Waals surface area contributed by atoms with Crippen LogP contribution >= 0.6 is 38.9 Å². The molecule has 1 aromatic heterocycles. The predicted molar refractivity (Wildman–Crippen MR) is 61.5 cm³/mol. The summed E-state index contributed by atoms with van der Waals surface area (Å²) in [4.78, 5) is 11.0. The van der Waals surface area contributed by atoms with Crippen LogP contribution in [0.1, 0.15) is 9.67 Å². The lowest BCUT2D eigenvalue weighted by Crippen LogP contribution is -1.89.